The van der Waals surface area contributed by atoms with E-state index in [-0.39, 0.29) is 12.1 Å². The Balaban J connectivity index is 2.25. The monoisotopic (exact) mass is 369 g/mol. The van der Waals surface area contributed by atoms with Gasteiger partial charge in [-0.15, -0.1) is 0 Å². The first kappa shape index (κ1) is 19.9. The summed E-state index contributed by atoms with van der Waals surface area (Å²) < 4.78 is 55.4. The van der Waals surface area contributed by atoms with E-state index in [1.54, 1.807) is 30.1 Å². The zero-order valence-corrected chi connectivity index (χ0v) is 15.2. The molecule has 0 radical (unpaired) electrons. The number of hydrogen-bond donors (Lipinski definition) is 0. The van der Waals surface area contributed by atoms with Crippen LogP contribution < -0.4 is 14.2 Å². The van der Waals surface area contributed by atoms with Crippen molar-refractivity contribution in [1.29, 1.82) is 0 Å². The average molecular weight is 369 g/mol. The second kappa shape index (κ2) is 8.31. The minimum absolute atomic E-state index is 0.146. The Hall–Kier alpha value is -2.41. The molecule has 7 heteroatoms. The van der Waals surface area contributed by atoms with Crippen LogP contribution in [0.15, 0.2) is 36.4 Å². The van der Waals surface area contributed by atoms with Crippen LogP contribution in [0.3, 0.4) is 0 Å². The molecule has 142 valence electrons. The summed E-state index contributed by atoms with van der Waals surface area (Å²) >= 11 is 0. The molecule has 0 aliphatic heterocycles. The number of nitrogens with zero attached hydrogens (tertiary/aromatic N) is 1. The van der Waals surface area contributed by atoms with Crippen molar-refractivity contribution in [1.82, 2.24) is 4.90 Å². The van der Waals surface area contributed by atoms with E-state index >= 15 is 0 Å². The lowest BCUT2D eigenvalue weighted by Gasteiger charge is -2.22. The van der Waals surface area contributed by atoms with E-state index < -0.39 is 11.7 Å². The second-order valence-electron chi connectivity index (χ2n) is 5.85. The SMILES string of the molecule is COc1cc(OC)c(OC)cc1CN(C)Cc1ccccc1C(F)(F)F. The van der Waals surface area contributed by atoms with Crippen molar-refractivity contribution in [2.75, 3.05) is 28.4 Å². The zero-order chi connectivity index (χ0) is 19.3. The van der Waals surface area contributed by atoms with Crippen molar-refractivity contribution < 1.29 is 27.4 Å². The van der Waals surface area contributed by atoms with Gasteiger partial charge in [-0.05, 0) is 24.7 Å². The van der Waals surface area contributed by atoms with Crippen molar-refractivity contribution in [3.63, 3.8) is 0 Å². The summed E-state index contributed by atoms with van der Waals surface area (Å²) in [7, 11) is 6.33. The second-order valence-corrected chi connectivity index (χ2v) is 5.85. The standard InChI is InChI=1S/C19H22F3NO3/c1-23(11-13-7-5-6-8-15(13)19(20,21)22)12-14-9-17(25-3)18(26-4)10-16(14)24-2/h5-10H,11-12H2,1-4H3. The number of rotatable bonds is 7. The number of methoxy groups -OCH3 is 3. The Labute approximate surface area is 151 Å². The van der Waals surface area contributed by atoms with Crippen LogP contribution in [0.2, 0.25) is 0 Å². The molecule has 0 amide bonds. The lowest BCUT2D eigenvalue weighted by Crippen LogP contribution is -2.20. The van der Waals surface area contributed by atoms with E-state index in [1.807, 2.05) is 0 Å². The zero-order valence-electron chi connectivity index (χ0n) is 15.2. The van der Waals surface area contributed by atoms with E-state index in [0.29, 0.717) is 23.8 Å². The van der Waals surface area contributed by atoms with E-state index in [2.05, 4.69) is 0 Å². The van der Waals surface area contributed by atoms with E-state index in [0.717, 1.165) is 11.6 Å². The molecule has 0 aliphatic carbocycles. The molecule has 0 spiro atoms. The topological polar surface area (TPSA) is 30.9 Å². The minimum atomic E-state index is -4.38. The summed E-state index contributed by atoms with van der Waals surface area (Å²) in [6, 6.07) is 9.06. The van der Waals surface area contributed by atoms with Gasteiger partial charge < -0.3 is 14.2 Å². The van der Waals surface area contributed by atoms with Crippen LogP contribution in [0.25, 0.3) is 0 Å². The summed E-state index contributed by atoms with van der Waals surface area (Å²) in [5, 5.41) is 0. The fraction of sp³-hybridized carbons (Fsp3) is 0.368. The number of alkyl halides is 3. The molecular formula is C19H22F3NO3. The van der Waals surface area contributed by atoms with Crippen LogP contribution in [-0.2, 0) is 19.3 Å². The highest BCUT2D eigenvalue weighted by Gasteiger charge is 2.33. The molecule has 0 unspecified atom stereocenters. The number of benzene rings is 2. The van der Waals surface area contributed by atoms with E-state index in [4.69, 9.17) is 14.2 Å². The molecule has 2 rings (SSSR count). The highest BCUT2D eigenvalue weighted by Crippen LogP contribution is 2.36. The Bertz CT molecular complexity index is 747. The van der Waals surface area contributed by atoms with Gasteiger partial charge in [0.25, 0.3) is 0 Å². The van der Waals surface area contributed by atoms with Crippen molar-refractivity contribution in [3.8, 4) is 17.2 Å². The summed E-state index contributed by atoms with van der Waals surface area (Å²) in [6.07, 6.45) is -4.38. The maximum absolute atomic E-state index is 13.2. The minimum Gasteiger partial charge on any atom is -0.496 e. The molecule has 0 atom stereocenters. The third-order valence-corrected chi connectivity index (χ3v) is 3.99. The Morgan fingerprint density at radius 2 is 1.35 bits per heavy atom. The van der Waals surface area contributed by atoms with Gasteiger partial charge >= 0.3 is 6.18 Å². The maximum atomic E-state index is 13.2. The van der Waals surface area contributed by atoms with Crippen LogP contribution >= 0.6 is 0 Å². The van der Waals surface area contributed by atoms with Gasteiger partial charge in [0.2, 0.25) is 0 Å². The highest BCUT2D eigenvalue weighted by molar-refractivity contribution is 5.50. The van der Waals surface area contributed by atoms with Crippen LogP contribution in [0, 0.1) is 0 Å². The third-order valence-electron chi connectivity index (χ3n) is 3.99. The maximum Gasteiger partial charge on any atom is 0.416 e. The van der Waals surface area contributed by atoms with Gasteiger partial charge in [-0.3, -0.25) is 4.90 Å². The third kappa shape index (κ3) is 4.60. The van der Waals surface area contributed by atoms with Crippen molar-refractivity contribution in [2.24, 2.45) is 0 Å². The summed E-state index contributed by atoms with van der Waals surface area (Å²) in [5.74, 6) is 1.64. The van der Waals surface area contributed by atoms with Crippen molar-refractivity contribution in [3.05, 3.63) is 53.1 Å². The van der Waals surface area contributed by atoms with Gasteiger partial charge in [0, 0.05) is 24.7 Å². The predicted octanol–water partition coefficient (Wildman–Crippen LogP) is 4.36. The molecule has 0 aliphatic rings. The van der Waals surface area contributed by atoms with Crippen molar-refractivity contribution in [2.45, 2.75) is 19.3 Å². The molecule has 26 heavy (non-hydrogen) atoms. The highest BCUT2D eigenvalue weighted by atomic mass is 19.4. The molecule has 0 aromatic heterocycles. The summed E-state index contributed by atoms with van der Waals surface area (Å²) in [6.45, 7) is 0.531. The first-order valence-corrected chi connectivity index (χ1v) is 7.92. The fourth-order valence-corrected chi connectivity index (χ4v) is 2.79. The first-order chi connectivity index (χ1) is 12.3. The smallest absolute Gasteiger partial charge is 0.416 e. The van der Waals surface area contributed by atoms with Gasteiger partial charge in [0.15, 0.2) is 11.5 Å². The lowest BCUT2D eigenvalue weighted by molar-refractivity contribution is -0.138. The number of halogens is 3. The summed E-state index contributed by atoms with van der Waals surface area (Å²) in [4.78, 5) is 1.79. The largest absolute Gasteiger partial charge is 0.496 e. The lowest BCUT2D eigenvalue weighted by atomic mass is 10.1. The number of ether oxygens (including phenoxy) is 3. The normalized spacial score (nSPS) is 11.5. The first-order valence-electron chi connectivity index (χ1n) is 7.92. The molecule has 0 heterocycles. The molecular weight excluding hydrogens is 347 g/mol. The van der Waals surface area contributed by atoms with Gasteiger partial charge in [-0.1, -0.05) is 18.2 Å². The van der Waals surface area contributed by atoms with Crippen LogP contribution in [0.4, 0.5) is 13.2 Å². The molecule has 0 N–H and O–H groups in total. The van der Waals surface area contributed by atoms with Crippen LogP contribution in [-0.4, -0.2) is 33.3 Å². The molecule has 0 fully saturated rings. The summed E-state index contributed by atoms with van der Waals surface area (Å²) in [5.41, 5.74) is 0.394. The Kier molecular flexibility index (Phi) is 6.37. The molecule has 0 bridgehead atoms. The van der Waals surface area contributed by atoms with Crippen LogP contribution in [0.1, 0.15) is 16.7 Å². The fourth-order valence-electron chi connectivity index (χ4n) is 2.79. The molecule has 0 saturated heterocycles. The van der Waals surface area contributed by atoms with Crippen molar-refractivity contribution >= 4 is 0 Å². The van der Waals surface area contributed by atoms with Gasteiger partial charge in [-0.2, -0.15) is 13.2 Å². The van der Waals surface area contributed by atoms with Crippen LogP contribution in [0.5, 0.6) is 17.2 Å². The Morgan fingerprint density at radius 3 is 1.92 bits per heavy atom. The van der Waals surface area contributed by atoms with E-state index in [9.17, 15) is 13.2 Å². The van der Waals surface area contributed by atoms with E-state index in [1.165, 1.54) is 33.5 Å². The molecule has 0 saturated carbocycles. The van der Waals surface area contributed by atoms with Gasteiger partial charge in [-0.25, -0.2) is 0 Å². The van der Waals surface area contributed by atoms with Gasteiger partial charge in [0.1, 0.15) is 5.75 Å². The molecule has 4 nitrogen and oxygen atoms in total. The quantitative estimate of drug-likeness (QED) is 0.726. The predicted molar refractivity (Wildman–Crippen MR) is 92.7 cm³/mol. The molecule has 2 aromatic carbocycles. The van der Waals surface area contributed by atoms with Gasteiger partial charge in [0.05, 0.1) is 26.9 Å². The number of hydrogen-bond acceptors (Lipinski definition) is 4. The molecule has 2 aromatic rings. The Morgan fingerprint density at radius 1 is 0.808 bits per heavy atom. The average Bonchev–Trinajstić information content (AvgIpc) is 2.60.